The summed E-state index contributed by atoms with van der Waals surface area (Å²) in [7, 11) is 1.36. The van der Waals surface area contributed by atoms with Crippen LogP contribution in [0.4, 0.5) is 0 Å². The van der Waals surface area contributed by atoms with E-state index in [-0.39, 0.29) is 22.9 Å². The van der Waals surface area contributed by atoms with E-state index >= 15 is 0 Å². The Morgan fingerprint density at radius 3 is 2.62 bits per heavy atom. The highest BCUT2D eigenvalue weighted by molar-refractivity contribution is 6.21. The van der Waals surface area contributed by atoms with Crippen LogP contribution in [0.3, 0.4) is 0 Å². The van der Waals surface area contributed by atoms with Gasteiger partial charge >= 0.3 is 0 Å². The second-order valence-corrected chi connectivity index (χ2v) is 3.40. The Morgan fingerprint density at radius 1 is 1.25 bits per heavy atom. The average Bonchev–Trinajstić information content (AvgIpc) is 2.28. The minimum absolute atomic E-state index is 0.0732. The Bertz CT molecular complexity index is 416. The molecule has 0 aliphatic heterocycles. The van der Waals surface area contributed by atoms with Crippen molar-refractivity contribution in [2.75, 3.05) is 7.11 Å². The van der Waals surface area contributed by atoms with E-state index in [1.807, 2.05) is 0 Å². The van der Waals surface area contributed by atoms with E-state index in [1.54, 1.807) is 0 Å². The van der Waals surface area contributed by atoms with Gasteiger partial charge in [-0.1, -0.05) is 25.2 Å². The summed E-state index contributed by atoms with van der Waals surface area (Å²) in [5.41, 5.74) is 0.252. The van der Waals surface area contributed by atoms with E-state index < -0.39 is 0 Å². The minimum atomic E-state index is -0.304. The lowest BCUT2D eigenvalue weighted by Crippen LogP contribution is -2.13. The molecule has 1 aliphatic rings. The fraction of sp³-hybridized carbons (Fsp3) is 0.385. The molecule has 0 atom stereocenters. The fourth-order valence-corrected chi connectivity index (χ4v) is 1.22. The SMILES string of the molecule is CCCCC#CC1=CC(=O)C(OC)=CC1=O. The van der Waals surface area contributed by atoms with Gasteiger partial charge in [-0.25, -0.2) is 0 Å². The van der Waals surface area contributed by atoms with Gasteiger partial charge in [0.25, 0.3) is 0 Å². The molecular weight excluding hydrogens is 204 g/mol. The molecule has 1 aliphatic carbocycles. The Hall–Kier alpha value is -1.82. The summed E-state index contributed by atoms with van der Waals surface area (Å²) < 4.78 is 4.76. The maximum absolute atomic E-state index is 11.5. The molecule has 0 unspecified atom stereocenters. The van der Waals surface area contributed by atoms with Crippen LogP contribution in [-0.2, 0) is 14.3 Å². The molecule has 0 spiro atoms. The standard InChI is InChI=1S/C13H14O3/c1-3-4-5-6-7-10-8-12(15)13(16-2)9-11(10)14/h8-9H,3-5H2,1-2H3. The first-order chi connectivity index (χ1) is 7.69. The summed E-state index contributed by atoms with van der Waals surface area (Å²) in [4.78, 5) is 22.9. The van der Waals surface area contributed by atoms with E-state index in [4.69, 9.17) is 4.74 Å². The van der Waals surface area contributed by atoms with Crippen LogP contribution in [0.5, 0.6) is 0 Å². The first-order valence-corrected chi connectivity index (χ1v) is 5.24. The van der Waals surface area contributed by atoms with E-state index in [9.17, 15) is 9.59 Å². The Labute approximate surface area is 95.2 Å². The number of rotatable bonds is 3. The van der Waals surface area contributed by atoms with Crippen LogP contribution in [0.25, 0.3) is 0 Å². The lowest BCUT2D eigenvalue weighted by Gasteiger charge is -2.06. The fourth-order valence-electron chi connectivity index (χ4n) is 1.22. The molecule has 0 saturated heterocycles. The molecule has 3 nitrogen and oxygen atoms in total. The van der Waals surface area contributed by atoms with Gasteiger partial charge in [0.15, 0.2) is 11.5 Å². The molecule has 3 heteroatoms. The molecular formula is C13H14O3. The van der Waals surface area contributed by atoms with Gasteiger partial charge in [-0.15, -0.1) is 0 Å². The number of carbonyl (C=O) groups excluding carboxylic acids is 2. The molecule has 0 N–H and O–H groups in total. The van der Waals surface area contributed by atoms with Crippen LogP contribution in [0.1, 0.15) is 26.2 Å². The number of hydrogen-bond donors (Lipinski definition) is 0. The number of methoxy groups -OCH3 is 1. The average molecular weight is 218 g/mol. The van der Waals surface area contributed by atoms with Crippen LogP contribution in [-0.4, -0.2) is 18.7 Å². The quantitative estimate of drug-likeness (QED) is 0.412. The van der Waals surface area contributed by atoms with Gasteiger partial charge in [-0.3, -0.25) is 9.59 Å². The summed E-state index contributed by atoms with van der Waals surface area (Å²) in [6.07, 6.45) is 5.23. The third-order valence-corrected chi connectivity index (χ3v) is 2.14. The van der Waals surface area contributed by atoms with Crippen LogP contribution in [0.15, 0.2) is 23.5 Å². The predicted octanol–water partition coefficient (Wildman–Crippen LogP) is 1.79. The zero-order valence-electron chi connectivity index (χ0n) is 9.50. The van der Waals surface area contributed by atoms with Crippen molar-refractivity contribution in [3.8, 4) is 11.8 Å². The van der Waals surface area contributed by atoms with Crippen molar-refractivity contribution in [3.63, 3.8) is 0 Å². The third kappa shape index (κ3) is 3.09. The van der Waals surface area contributed by atoms with E-state index in [0.29, 0.717) is 0 Å². The summed E-state index contributed by atoms with van der Waals surface area (Å²) in [6.45, 7) is 2.07. The summed E-state index contributed by atoms with van der Waals surface area (Å²) >= 11 is 0. The molecule has 0 aromatic carbocycles. The minimum Gasteiger partial charge on any atom is -0.493 e. The molecule has 0 aromatic heterocycles. The van der Waals surface area contributed by atoms with Gasteiger partial charge < -0.3 is 4.74 Å². The van der Waals surface area contributed by atoms with Crippen molar-refractivity contribution < 1.29 is 14.3 Å². The van der Waals surface area contributed by atoms with Crippen molar-refractivity contribution in [1.82, 2.24) is 0 Å². The smallest absolute Gasteiger partial charge is 0.221 e. The maximum Gasteiger partial charge on any atom is 0.221 e. The molecule has 0 aromatic rings. The van der Waals surface area contributed by atoms with Crippen molar-refractivity contribution >= 4 is 11.6 Å². The van der Waals surface area contributed by atoms with E-state index in [1.165, 1.54) is 19.3 Å². The van der Waals surface area contributed by atoms with Crippen molar-refractivity contribution in [3.05, 3.63) is 23.5 Å². The lowest BCUT2D eigenvalue weighted by molar-refractivity contribution is -0.117. The molecule has 0 bridgehead atoms. The first-order valence-electron chi connectivity index (χ1n) is 5.24. The van der Waals surface area contributed by atoms with Crippen LogP contribution < -0.4 is 0 Å². The number of ketones is 2. The first kappa shape index (κ1) is 12.3. The topological polar surface area (TPSA) is 43.4 Å². The number of unbranched alkanes of at least 4 members (excludes halogenated alkanes) is 2. The summed E-state index contributed by atoms with van der Waals surface area (Å²) in [5.74, 6) is 5.11. The molecule has 0 amide bonds. The van der Waals surface area contributed by atoms with Crippen molar-refractivity contribution in [2.24, 2.45) is 0 Å². The van der Waals surface area contributed by atoms with Gasteiger partial charge in [0.05, 0.1) is 12.7 Å². The Balaban J connectivity index is 2.73. The number of allylic oxidation sites excluding steroid dienone is 3. The highest BCUT2D eigenvalue weighted by atomic mass is 16.5. The van der Waals surface area contributed by atoms with Crippen LogP contribution in [0, 0.1) is 11.8 Å². The second kappa shape index (κ2) is 5.92. The normalized spacial score (nSPS) is 14.9. The van der Waals surface area contributed by atoms with Gasteiger partial charge in [-0.2, -0.15) is 0 Å². The maximum atomic E-state index is 11.5. The second-order valence-electron chi connectivity index (χ2n) is 3.40. The van der Waals surface area contributed by atoms with E-state index in [2.05, 4.69) is 18.8 Å². The molecule has 84 valence electrons. The largest absolute Gasteiger partial charge is 0.493 e. The van der Waals surface area contributed by atoms with Crippen LogP contribution >= 0.6 is 0 Å². The lowest BCUT2D eigenvalue weighted by atomic mass is 10.0. The highest BCUT2D eigenvalue weighted by Gasteiger charge is 2.19. The zero-order valence-corrected chi connectivity index (χ0v) is 9.50. The number of ether oxygens (including phenoxy) is 1. The number of carbonyl (C=O) groups is 2. The van der Waals surface area contributed by atoms with Crippen molar-refractivity contribution in [1.29, 1.82) is 0 Å². The molecule has 0 radical (unpaired) electrons. The van der Waals surface area contributed by atoms with E-state index in [0.717, 1.165) is 19.3 Å². The summed E-state index contributed by atoms with van der Waals surface area (Å²) in [5, 5.41) is 0. The Kier molecular flexibility index (Phi) is 4.53. The number of hydrogen-bond acceptors (Lipinski definition) is 3. The molecule has 0 saturated carbocycles. The molecule has 0 fully saturated rings. The van der Waals surface area contributed by atoms with Gasteiger partial charge in [0, 0.05) is 18.6 Å². The molecule has 16 heavy (non-hydrogen) atoms. The monoisotopic (exact) mass is 218 g/mol. The van der Waals surface area contributed by atoms with Crippen LogP contribution in [0.2, 0.25) is 0 Å². The zero-order chi connectivity index (χ0) is 12.0. The predicted molar refractivity (Wildman–Crippen MR) is 60.5 cm³/mol. The van der Waals surface area contributed by atoms with Gasteiger partial charge in [0.1, 0.15) is 0 Å². The van der Waals surface area contributed by atoms with Gasteiger partial charge in [0.2, 0.25) is 5.78 Å². The summed E-state index contributed by atoms with van der Waals surface area (Å²) in [6, 6.07) is 0. The Morgan fingerprint density at radius 2 is 2.00 bits per heavy atom. The van der Waals surface area contributed by atoms with Crippen molar-refractivity contribution in [2.45, 2.75) is 26.2 Å². The highest BCUT2D eigenvalue weighted by Crippen LogP contribution is 2.11. The molecule has 0 heterocycles. The molecule has 1 rings (SSSR count). The third-order valence-electron chi connectivity index (χ3n) is 2.14. The van der Waals surface area contributed by atoms with Gasteiger partial charge in [-0.05, 0) is 6.42 Å².